The van der Waals surface area contributed by atoms with Crippen LogP contribution in [0.1, 0.15) is 24.8 Å². The molecule has 2 amide bonds. The second kappa shape index (κ2) is 7.45. The van der Waals surface area contributed by atoms with Gasteiger partial charge in [-0.1, -0.05) is 17.7 Å². The van der Waals surface area contributed by atoms with Gasteiger partial charge in [0.25, 0.3) is 0 Å². The summed E-state index contributed by atoms with van der Waals surface area (Å²) in [4.78, 5) is 24.9. The summed E-state index contributed by atoms with van der Waals surface area (Å²) < 4.78 is 18.3. The van der Waals surface area contributed by atoms with E-state index in [4.69, 9.17) is 11.6 Å². The van der Waals surface area contributed by atoms with Crippen molar-refractivity contribution in [3.8, 4) is 0 Å². The van der Waals surface area contributed by atoms with E-state index in [0.29, 0.717) is 10.6 Å². The molecule has 5 nitrogen and oxygen atoms in total. The summed E-state index contributed by atoms with van der Waals surface area (Å²) in [5.74, 6) is -0.558. The first-order chi connectivity index (χ1) is 10.5. The summed E-state index contributed by atoms with van der Waals surface area (Å²) >= 11 is 6.02. The predicted molar refractivity (Wildman–Crippen MR) is 80.0 cm³/mol. The van der Waals surface area contributed by atoms with E-state index in [0.717, 1.165) is 12.8 Å². The first-order valence-electron chi connectivity index (χ1n) is 7.07. The fraction of sp³-hybridized carbons (Fsp3) is 0.467. The van der Waals surface area contributed by atoms with Gasteiger partial charge in [0.1, 0.15) is 5.82 Å². The molecule has 0 saturated heterocycles. The van der Waals surface area contributed by atoms with E-state index < -0.39 is 11.9 Å². The van der Waals surface area contributed by atoms with Gasteiger partial charge in [-0.2, -0.15) is 0 Å². The standard InChI is InChI=1S/C15H18ClFN2O3/c1-22-15(21)18-8-7-14(20)19(10-5-6-10)9-11-12(16)3-2-4-13(11)17/h2-4,10H,5-9H2,1H3,(H,18,21). The number of methoxy groups -OCH3 is 1. The number of benzene rings is 1. The van der Waals surface area contributed by atoms with Crippen LogP contribution in [0.25, 0.3) is 0 Å². The number of nitrogens with zero attached hydrogens (tertiary/aromatic N) is 1. The van der Waals surface area contributed by atoms with Gasteiger partial charge in [-0.05, 0) is 25.0 Å². The van der Waals surface area contributed by atoms with Gasteiger partial charge in [-0.25, -0.2) is 9.18 Å². The molecular weight excluding hydrogens is 311 g/mol. The summed E-state index contributed by atoms with van der Waals surface area (Å²) in [6, 6.07) is 4.59. The van der Waals surface area contributed by atoms with Gasteiger partial charge in [-0.3, -0.25) is 4.79 Å². The first-order valence-corrected chi connectivity index (χ1v) is 7.45. The van der Waals surface area contributed by atoms with Crippen LogP contribution < -0.4 is 5.32 Å². The molecule has 1 aromatic rings. The molecule has 1 N–H and O–H groups in total. The Morgan fingerprint density at radius 1 is 1.45 bits per heavy atom. The molecule has 7 heteroatoms. The first kappa shape index (κ1) is 16.5. The minimum absolute atomic E-state index is 0.126. The highest BCUT2D eigenvalue weighted by atomic mass is 35.5. The van der Waals surface area contributed by atoms with Crippen LogP contribution in [0.3, 0.4) is 0 Å². The molecule has 1 aliphatic carbocycles. The number of rotatable bonds is 6. The molecule has 0 aliphatic heterocycles. The average Bonchev–Trinajstić information content (AvgIpc) is 3.31. The lowest BCUT2D eigenvalue weighted by Crippen LogP contribution is -2.36. The zero-order valence-corrected chi connectivity index (χ0v) is 13.0. The maximum atomic E-state index is 13.9. The maximum absolute atomic E-state index is 13.9. The Morgan fingerprint density at radius 2 is 2.18 bits per heavy atom. The van der Waals surface area contributed by atoms with Gasteiger partial charge in [-0.15, -0.1) is 0 Å². The van der Waals surface area contributed by atoms with Crippen molar-refractivity contribution < 1.29 is 18.7 Å². The topological polar surface area (TPSA) is 58.6 Å². The van der Waals surface area contributed by atoms with Crippen LogP contribution in [0, 0.1) is 5.82 Å². The molecule has 120 valence electrons. The highest BCUT2D eigenvalue weighted by molar-refractivity contribution is 6.31. The molecule has 0 aromatic heterocycles. The van der Waals surface area contributed by atoms with Gasteiger partial charge in [0.2, 0.25) is 5.91 Å². The number of carbonyl (C=O) groups excluding carboxylic acids is 2. The molecule has 2 rings (SSSR count). The van der Waals surface area contributed by atoms with E-state index in [2.05, 4.69) is 10.1 Å². The van der Waals surface area contributed by atoms with E-state index in [1.54, 1.807) is 11.0 Å². The van der Waals surface area contributed by atoms with Crippen LogP contribution in [0.4, 0.5) is 9.18 Å². The third-order valence-corrected chi connectivity index (χ3v) is 3.85. The summed E-state index contributed by atoms with van der Waals surface area (Å²) in [6.07, 6.45) is 1.37. The molecule has 0 unspecified atom stereocenters. The molecule has 1 aliphatic rings. The van der Waals surface area contributed by atoms with Gasteiger partial charge in [0.05, 0.1) is 13.7 Å². The van der Waals surface area contributed by atoms with Crippen molar-refractivity contribution in [2.24, 2.45) is 0 Å². The highest BCUT2D eigenvalue weighted by Crippen LogP contribution is 2.31. The van der Waals surface area contributed by atoms with Gasteiger partial charge >= 0.3 is 6.09 Å². The van der Waals surface area contributed by atoms with Crippen molar-refractivity contribution in [2.45, 2.75) is 31.8 Å². The van der Waals surface area contributed by atoms with Crippen molar-refractivity contribution in [2.75, 3.05) is 13.7 Å². The van der Waals surface area contributed by atoms with Gasteiger partial charge < -0.3 is 15.0 Å². The lowest BCUT2D eigenvalue weighted by molar-refractivity contribution is -0.132. The van der Waals surface area contributed by atoms with Crippen LogP contribution in [-0.2, 0) is 16.1 Å². The number of amides is 2. The smallest absolute Gasteiger partial charge is 0.406 e. The molecule has 22 heavy (non-hydrogen) atoms. The molecular formula is C15H18ClFN2O3. The largest absolute Gasteiger partial charge is 0.453 e. The number of hydrogen-bond donors (Lipinski definition) is 1. The summed E-state index contributed by atoms with van der Waals surface area (Å²) in [5.41, 5.74) is 0.324. The molecule has 1 fully saturated rings. The molecule has 1 aromatic carbocycles. The van der Waals surface area contributed by atoms with E-state index in [-0.39, 0.29) is 31.5 Å². The minimum Gasteiger partial charge on any atom is -0.453 e. The van der Waals surface area contributed by atoms with Crippen molar-refractivity contribution in [1.29, 1.82) is 0 Å². The second-order valence-corrected chi connectivity index (χ2v) is 5.53. The lowest BCUT2D eigenvalue weighted by Gasteiger charge is -2.23. The third-order valence-electron chi connectivity index (χ3n) is 3.49. The summed E-state index contributed by atoms with van der Waals surface area (Å²) in [7, 11) is 1.26. The van der Waals surface area contributed by atoms with Crippen LogP contribution >= 0.6 is 11.6 Å². The Bertz CT molecular complexity index is 543. The van der Waals surface area contributed by atoms with Crippen LogP contribution in [0.5, 0.6) is 0 Å². The zero-order chi connectivity index (χ0) is 16.1. The van der Waals surface area contributed by atoms with Crippen molar-refractivity contribution in [3.63, 3.8) is 0 Å². The zero-order valence-electron chi connectivity index (χ0n) is 12.3. The summed E-state index contributed by atoms with van der Waals surface area (Å²) in [5, 5.41) is 2.77. The van der Waals surface area contributed by atoms with Gasteiger partial charge in [0.15, 0.2) is 0 Å². The molecule has 0 radical (unpaired) electrons. The number of halogens is 2. The van der Waals surface area contributed by atoms with Crippen LogP contribution in [0.15, 0.2) is 18.2 Å². The molecule has 0 heterocycles. The lowest BCUT2D eigenvalue weighted by atomic mass is 10.2. The number of hydrogen-bond acceptors (Lipinski definition) is 3. The van der Waals surface area contributed by atoms with Crippen molar-refractivity contribution in [3.05, 3.63) is 34.6 Å². The SMILES string of the molecule is COC(=O)NCCC(=O)N(Cc1c(F)cccc1Cl)C1CC1. The van der Waals surface area contributed by atoms with Crippen molar-refractivity contribution in [1.82, 2.24) is 10.2 Å². The van der Waals surface area contributed by atoms with Gasteiger partial charge in [0, 0.05) is 29.6 Å². The number of nitrogens with one attached hydrogen (secondary N) is 1. The summed E-state index contributed by atoms with van der Waals surface area (Å²) in [6.45, 7) is 0.326. The van der Waals surface area contributed by atoms with E-state index >= 15 is 0 Å². The highest BCUT2D eigenvalue weighted by Gasteiger charge is 2.33. The maximum Gasteiger partial charge on any atom is 0.406 e. The Hall–Kier alpha value is -1.82. The minimum atomic E-state index is -0.581. The second-order valence-electron chi connectivity index (χ2n) is 5.12. The van der Waals surface area contributed by atoms with E-state index in [1.807, 2.05) is 0 Å². The molecule has 0 bridgehead atoms. The van der Waals surface area contributed by atoms with Crippen molar-refractivity contribution >= 4 is 23.6 Å². The molecule has 0 spiro atoms. The Labute approximate surface area is 133 Å². The predicted octanol–water partition coefficient (Wildman–Crippen LogP) is 2.72. The van der Waals surface area contributed by atoms with E-state index in [1.165, 1.54) is 19.2 Å². The third kappa shape index (κ3) is 4.34. The quantitative estimate of drug-likeness (QED) is 0.873. The molecule has 1 saturated carbocycles. The fourth-order valence-corrected chi connectivity index (χ4v) is 2.37. The number of ether oxygens (including phenoxy) is 1. The van der Waals surface area contributed by atoms with Crippen LogP contribution in [0.2, 0.25) is 5.02 Å². The Morgan fingerprint density at radius 3 is 2.77 bits per heavy atom. The Kier molecular flexibility index (Phi) is 5.60. The van der Waals surface area contributed by atoms with Crippen LogP contribution in [-0.4, -0.2) is 36.6 Å². The van der Waals surface area contributed by atoms with E-state index in [9.17, 15) is 14.0 Å². The Balaban J connectivity index is 1.98. The molecule has 0 atom stereocenters. The normalized spacial score (nSPS) is 13.6. The number of alkyl carbamates (subject to hydrolysis) is 1. The monoisotopic (exact) mass is 328 g/mol. The number of carbonyl (C=O) groups is 2. The average molecular weight is 329 g/mol. The fourth-order valence-electron chi connectivity index (χ4n) is 2.15.